The van der Waals surface area contributed by atoms with Crippen molar-refractivity contribution in [3.8, 4) is 0 Å². The van der Waals surface area contributed by atoms with Crippen molar-refractivity contribution in [2.24, 2.45) is 5.73 Å². The molecule has 1 rings (SSSR count). The van der Waals surface area contributed by atoms with Crippen molar-refractivity contribution in [2.45, 2.75) is 25.0 Å². The average Bonchev–Trinajstić information content (AvgIpc) is 2.26. The number of carboxylic acid groups (broad SMARTS) is 1. The average molecular weight is 209 g/mol. The van der Waals surface area contributed by atoms with Gasteiger partial charge in [0.2, 0.25) is 0 Å². The number of benzene rings is 1. The lowest BCUT2D eigenvalue weighted by atomic mass is 10.0. The van der Waals surface area contributed by atoms with Gasteiger partial charge in [-0.3, -0.25) is 4.79 Å². The number of aliphatic hydroxyl groups excluding tert-OH is 1. The highest BCUT2D eigenvalue weighted by Crippen LogP contribution is 2.06. The lowest BCUT2D eigenvalue weighted by Crippen LogP contribution is -2.41. The van der Waals surface area contributed by atoms with E-state index in [1.807, 2.05) is 30.3 Å². The minimum atomic E-state index is -1.20. The summed E-state index contributed by atoms with van der Waals surface area (Å²) in [6, 6.07) is 8.37. The van der Waals surface area contributed by atoms with Crippen LogP contribution in [0.25, 0.3) is 0 Å². The highest BCUT2D eigenvalue weighted by Gasteiger charge is 2.21. The Kier molecular flexibility index (Phi) is 4.27. The second-order valence-corrected chi connectivity index (χ2v) is 3.46. The lowest BCUT2D eigenvalue weighted by molar-refractivity contribution is -0.141. The molecule has 4 heteroatoms. The first kappa shape index (κ1) is 11.7. The molecule has 4 nitrogen and oxygen atoms in total. The van der Waals surface area contributed by atoms with Gasteiger partial charge in [-0.2, -0.15) is 0 Å². The maximum absolute atomic E-state index is 10.5. The molecule has 2 atom stereocenters. The number of rotatable bonds is 5. The van der Waals surface area contributed by atoms with E-state index in [0.29, 0.717) is 12.8 Å². The van der Waals surface area contributed by atoms with Gasteiger partial charge in [0, 0.05) is 0 Å². The Hall–Kier alpha value is -1.39. The fourth-order valence-corrected chi connectivity index (χ4v) is 1.30. The molecule has 0 aliphatic heterocycles. The first-order valence-electron chi connectivity index (χ1n) is 4.81. The van der Waals surface area contributed by atoms with Crippen LogP contribution in [0.1, 0.15) is 12.0 Å². The zero-order valence-electron chi connectivity index (χ0n) is 8.34. The predicted octanol–water partition coefficient (Wildman–Crippen LogP) is 0.392. The van der Waals surface area contributed by atoms with E-state index >= 15 is 0 Å². The van der Waals surface area contributed by atoms with Crippen LogP contribution in [0, 0.1) is 0 Å². The number of aliphatic carboxylic acids is 1. The topological polar surface area (TPSA) is 83.6 Å². The number of carbonyl (C=O) groups is 1. The maximum atomic E-state index is 10.5. The summed E-state index contributed by atoms with van der Waals surface area (Å²) in [4.78, 5) is 10.5. The molecule has 0 saturated carbocycles. The molecule has 0 aliphatic carbocycles. The SMILES string of the molecule is N[C@@H](C(=O)O)[C@H](O)CCc1ccccc1. The molecule has 0 unspecified atom stereocenters. The molecule has 15 heavy (non-hydrogen) atoms. The number of hydrogen-bond donors (Lipinski definition) is 3. The summed E-state index contributed by atoms with van der Waals surface area (Å²) in [6.07, 6.45) is -0.0109. The summed E-state index contributed by atoms with van der Waals surface area (Å²) >= 11 is 0. The number of nitrogens with two attached hydrogens (primary N) is 1. The predicted molar refractivity (Wildman–Crippen MR) is 56.4 cm³/mol. The number of aryl methyl sites for hydroxylation is 1. The number of carboxylic acids is 1. The van der Waals surface area contributed by atoms with E-state index < -0.39 is 18.1 Å². The minimum absolute atomic E-state index is 0.359. The molecule has 0 heterocycles. The summed E-state index contributed by atoms with van der Waals surface area (Å²) in [6.45, 7) is 0. The summed E-state index contributed by atoms with van der Waals surface area (Å²) < 4.78 is 0. The van der Waals surface area contributed by atoms with Crippen molar-refractivity contribution in [3.05, 3.63) is 35.9 Å². The van der Waals surface area contributed by atoms with Crippen molar-refractivity contribution < 1.29 is 15.0 Å². The van der Waals surface area contributed by atoms with Crippen molar-refractivity contribution in [1.29, 1.82) is 0 Å². The van der Waals surface area contributed by atoms with E-state index in [4.69, 9.17) is 10.8 Å². The van der Waals surface area contributed by atoms with Crippen LogP contribution in [0.3, 0.4) is 0 Å². The molecular weight excluding hydrogens is 194 g/mol. The lowest BCUT2D eigenvalue weighted by Gasteiger charge is -2.14. The van der Waals surface area contributed by atoms with E-state index in [0.717, 1.165) is 5.56 Å². The van der Waals surface area contributed by atoms with Gasteiger partial charge in [0.15, 0.2) is 0 Å². The van der Waals surface area contributed by atoms with E-state index in [9.17, 15) is 9.90 Å². The van der Waals surface area contributed by atoms with Crippen molar-refractivity contribution in [3.63, 3.8) is 0 Å². The van der Waals surface area contributed by atoms with Gasteiger partial charge < -0.3 is 15.9 Å². The molecule has 0 bridgehead atoms. The smallest absolute Gasteiger partial charge is 0.323 e. The minimum Gasteiger partial charge on any atom is -0.480 e. The Balaban J connectivity index is 2.41. The molecule has 1 aromatic carbocycles. The third-order valence-corrected chi connectivity index (χ3v) is 2.27. The first-order valence-corrected chi connectivity index (χ1v) is 4.81. The molecule has 0 saturated heterocycles. The first-order chi connectivity index (χ1) is 7.11. The van der Waals surface area contributed by atoms with E-state index in [1.54, 1.807) is 0 Å². The van der Waals surface area contributed by atoms with Crippen LogP contribution in [-0.2, 0) is 11.2 Å². The normalized spacial score (nSPS) is 14.5. The molecule has 4 N–H and O–H groups in total. The summed E-state index contributed by atoms with van der Waals surface area (Å²) in [5.74, 6) is -1.17. The third kappa shape index (κ3) is 3.69. The van der Waals surface area contributed by atoms with E-state index in [-0.39, 0.29) is 0 Å². The molecule has 1 aromatic rings. The second kappa shape index (κ2) is 5.48. The molecule has 0 fully saturated rings. The largest absolute Gasteiger partial charge is 0.480 e. The highest BCUT2D eigenvalue weighted by molar-refractivity contribution is 5.73. The van der Waals surface area contributed by atoms with Crippen LogP contribution in [0.2, 0.25) is 0 Å². The molecular formula is C11H15NO3. The number of hydrogen-bond acceptors (Lipinski definition) is 3. The Labute approximate surface area is 88.3 Å². The van der Waals surface area contributed by atoms with Gasteiger partial charge in [-0.1, -0.05) is 30.3 Å². The third-order valence-electron chi connectivity index (χ3n) is 2.27. The van der Waals surface area contributed by atoms with Crippen LogP contribution in [-0.4, -0.2) is 28.3 Å². The molecule has 82 valence electrons. The van der Waals surface area contributed by atoms with E-state index in [1.165, 1.54) is 0 Å². The molecule has 0 aromatic heterocycles. The maximum Gasteiger partial charge on any atom is 0.323 e. The van der Waals surface area contributed by atoms with Crippen LogP contribution < -0.4 is 5.73 Å². The van der Waals surface area contributed by atoms with Gasteiger partial charge >= 0.3 is 5.97 Å². The molecule has 0 spiro atoms. The van der Waals surface area contributed by atoms with Crippen molar-refractivity contribution >= 4 is 5.97 Å². The Morgan fingerprint density at radius 2 is 1.93 bits per heavy atom. The van der Waals surface area contributed by atoms with Crippen LogP contribution in [0.4, 0.5) is 0 Å². The van der Waals surface area contributed by atoms with Gasteiger partial charge in [0.25, 0.3) is 0 Å². The standard InChI is InChI=1S/C11H15NO3/c12-10(11(14)15)9(13)7-6-8-4-2-1-3-5-8/h1-5,9-10,13H,6-7,12H2,(H,14,15)/t9-,10-/m1/s1. The Bertz CT molecular complexity index is 313. The highest BCUT2D eigenvalue weighted by atomic mass is 16.4. The van der Waals surface area contributed by atoms with Crippen LogP contribution >= 0.6 is 0 Å². The van der Waals surface area contributed by atoms with Crippen LogP contribution in [0.15, 0.2) is 30.3 Å². The van der Waals surface area contributed by atoms with Crippen LogP contribution in [0.5, 0.6) is 0 Å². The van der Waals surface area contributed by atoms with E-state index in [2.05, 4.69) is 0 Å². The second-order valence-electron chi connectivity index (χ2n) is 3.46. The summed E-state index contributed by atoms with van der Waals surface area (Å²) in [7, 11) is 0. The summed E-state index contributed by atoms with van der Waals surface area (Å²) in [5, 5.41) is 18.0. The van der Waals surface area contributed by atoms with Gasteiger partial charge in [-0.05, 0) is 18.4 Å². The zero-order chi connectivity index (χ0) is 11.3. The fraction of sp³-hybridized carbons (Fsp3) is 0.364. The molecule has 0 aliphatic rings. The molecule has 0 amide bonds. The van der Waals surface area contributed by atoms with Crippen molar-refractivity contribution in [1.82, 2.24) is 0 Å². The number of aliphatic hydroxyl groups is 1. The molecule has 0 radical (unpaired) electrons. The summed E-state index contributed by atoms with van der Waals surface area (Å²) in [5.41, 5.74) is 6.34. The van der Waals surface area contributed by atoms with Crippen molar-refractivity contribution in [2.75, 3.05) is 0 Å². The zero-order valence-corrected chi connectivity index (χ0v) is 8.34. The quantitative estimate of drug-likeness (QED) is 0.655. The fourth-order valence-electron chi connectivity index (χ4n) is 1.30. The Morgan fingerprint density at radius 3 is 2.47 bits per heavy atom. The Morgan fingerprint density at radius 1 is 1.33 bits per heavy atom. The monoisotopic (exact) mass is 209 g/mol. The van der Waals surface area contributed by atoms with Gasteiger partial charge in [-0.15, -0.1) is 0 Å². The van der Waals surface area contributed by atoms with Gasteiger partial charge in [0.05, 0.1) is 6.10 Å². The van der Waals surface area contributed by atoms with Gasteiger partial charge in [-0.25, -0.2) is 0 Å². The van der Waals surface area contributed by atoms with Gasteiger partial charge in [0.1, 0.15) is 6.04 Å².